The van der Waals surface area contributed by atoms with Gasteiger partial charge in [-0.05, 0) is 37.6 Å². The van der Waals surface area contributed by atoms with E-state index in [1.165, 1.54) is 12.3 Å². The molecule has 0 fully saturated rings. The van der Waals surface area contributed by atoms with Gasteiger partial charge in [0.05, 0.1) is 0 Å². The van der Waals surface area contributed by atoms with Crippen LogP contribution in [0.15, 0.2) is 30.6 Å². The summed E-state index contributed by atoms with van der Waals surface area (Å²) in [7, 11) is 0. The van der Waals surface area contributed by atoms with Crippen LogP contribution in [-0.2, 0) is 4.79 Å². The summed E-state index contributed by atoms with van der Waals surface area (Å²) in [6.45, 7) is 3.46. The molecule has 0 saturated heterocycles. The molecule has 1 amide bonds. The number of rotatable bonds is 4. The zero-order valence-electron chi connectivity index (χ0n) is 11.1. The average Bonchev–Trinajstić information content (AvgIpc) is 2.87. The van der Waals surface area contributed by atoms with Crippen molar-refractivity contribution in [1.82, 2.24) is 14.8 Å². The van der Waals surface area contributed by atoms with Crippen LogP contribution in [0.2, 0.25) is 0 Å². The summed E-state index contributed by atoms with van der Waals surface area (Å²) < 4.78 is 1.16. The number of carbonyl (C=O) groups is 2. The molecule has 1 atom stereocenters. The van der Waals surface area contributed by atoms with Gasteiger partial charge in [-0.1, -0.05) is 0 Å². The number of aromatic nitrogens is 3. The number of carboxylic acids is 1. The first-order valence-electron chi connectivity index (χ1n) is 5.99. The molecule has 1 unspecified atom stereocenters. The lowest BCUT2D eigenvalue weighted by Crippen LogP contribution is -2.27. The Hall–Kier alpha value is -2.70. The maximum atomic E-state index is 12.1. The molecular weight excluding hydrogens is 260 g/mol. The summed E-state index contributed by atoms with van der Waals surface area (Å²) >= 11 is 0. The fourth-order valence-corrected chi connectivity index (χ4v) is 1.74. The van der Waals surface area contributed by atoms with Crippen molar-refractivity contribution in [3.8, 4) is 0 Å². The van der Waals surface area contributed by atoms with Crippen molar-refractivity contribution in [3.63, 3.8) is 0 Å². The molecule has 2 N–H and O–H groups in total. The van der Waals surface area contributed by atoms with Gasteiger partial charge in [0.1, 0.15) is 17.6 Å². The second-order valence-electron chi connectivity index (χ2n) is 4.35. The van der Waals surface area contributed by atoms with Crippen molar-refractivity contribution in [1.29, 1.82) is 0 Å². The molecule has 7 nitrogen and oxygen atoms in total. The van der Waals surface area contributed by atoms with Gasteiger partial charge in [-0.2, -0.15) is 5.10 Å². The number of hydrogen-bond acceptors (Lipinski definition) is 4. The van der Waals surface area contributed by atoms with Crippen LogP contribution in [0.25, 0.3) is 0 Å². The first-order valence-corrected chi connectivity index (χ1v) is 5.99. The fraction of sp³-hybridized carbons (Fsp3) is 0.231. The van der Waals surface area contributed by atoms with E-state index in [-0.39, 0.29) is 11.6 Å². The molecule has 2 aromatic rings. The van der Waals surface area contributed by atoms with Crippen molar-refractivity contribution in [2.24, 2.45) is 0 Å². The van der Waals surface area contributed by atoms with Crippen LogP contribution >= 0.6 is 0 Å². The number of nitrogens with one attached hydrogen (secondary N) is 1. The molecule has 0 aromatic carbocycles. The molecule has 0 saturated carbocycles. The van der Waals surface area contributed by atoms with E-state index >= 15 is 0 Å². The van der Waals surface area contributed by atoms with Gasteiger partial charge in [-0.25, -0.2) is 14.5 Å². The molecule has 2 heterocycles. The highest BCUT2D eigenvalue weighted by Gasteiger charge is 2.21. The smallest absolute Gasteiger partial charge is 0.354 e. The maximum absolute atomic E-state index is 12.1. The molecule has 2 rings (SSSR count). The van der Waals surface area contributed by atoms with Crippen LogP contribution in [0.4, 0.5) is 5.82 Å². The highest BCUT2D eigenvalue weighted by atomic mass is 16.4. The molecule has 7 heteroatoms. The van der Waals surface area contributed by atoms with E-state index in [0.29, 0.717) is 5.82 Å². The summed E-state index contributed by atoms with van der Waals surface area (Å²) in [6.07, 6.45) is 2.93. The van der Waals surface area contributed by atoms with Gasteiger partial charge < -0.3 is 10.4 Å². The minimum Gasteiger partial charge on any atom is -0.477 e. The van der Waals surface area contributed by atoms with Crippen LogP contribution < -0.4 is 5.32 Å². The summed E-state index contributed by atoms with van der Waals surface area (Å²) in [5, 5.41) is 15.5. The average molecular weight is 274 g/mol. The van der Waals surface area contributed by atoms with E-state index in [9.17, 15) is 9.59 Å². The summed E-state index contributed by atoms with van der Waals surface area (Å²) in [5.41, 5.74) is 0.929. The normalized spacial score (nSPS) is 11.9. The second kappa shape index (κ2) is 5.52. The number of pyridine rings is 1. The maximum Gasteiger partial charge on any atom is 0.354 e. The van der Waals surface area contributed by atoms with Crippen molar-refractivity contribution in [2.75, 3.05) is 5.32 Å². The molecule has 0 radical (unpaired) electrons. The van der Waals surface area contributed by atoms with Crippen LogP contribution in [0.1, 0.15) is 29.0 Å². The van der Waals surface area contributed by atoms with E-state index in [1.54, 1.807) is 19.2 Å². The number of aryl methyl sites for hydroxylation is 1. The number of aromatic carboxylic acids is 1. The van der Waals surface area contributed by atoms with Crippen LogP contribution in [0, 0.1) is 6.92 Å². The second-order valence-corrected chi connectivity index (χ2v) is 4.35. The number of amides is 1. The van der Waals surface area contributed by atoms with E-state index in [1.807, 2.05) is 13.0 Å². The molecule has 0 aliphatic heterocycles. The lowest BCUT2D eigenvalue weighted by atomic mass is 10.2. The Morgan fingerprint density at radius 3 is 2.75 bits per heavy atom. The minimum atomic E-state index is -1.13. The third-order valence-electron chi connectivity index (χ3n) is 2.80. The lowest BCUT2D eigenvalue weighted by Gasteiger charge is -2.14. The first kappa shape index (κ1) is 13.7. The molecule has 0 aliphatic rings. The molecule has 0 aliphatic carbocycles. The molecule has 104 valence electrons. The van der Waals surface area contributed by atoms with Crippen LogP contribution in [0.5, 0.6) is 0 Å². The van der Waals surface area contributed by atoms with E-state index in [2.05, 4.69) is 15.4 Å². The lowest BCUT2D eigenvalue weighted by molar-refractivity contribution is -0.119. The Morgan fingerprint density at radius 1 is 1.35 bits per heavy atom. The predicted octanol–water partition coefficient (Wildman–Crippen LogP) is 1.48. The Kier molecular flexibility index (Phi) is 3.79. The molecule has 0 spiro atoms. The van der Waals surface area contributed by atoms with Crippen LogP contribution in [-0.4, -0.2) is 31.7 Å². The largest absolute Gasteiger partial charge is 0.477 e. The highest BCUT2D eigenvalue weighted by Crippen LogP contribution is 2.13. The Bertz CT molecular complexity index is 651. The summed E-state index contributed by atoms with van der Waals surface area (Å²) in [5.74, 6) is -1.09. The van der Waals surface area contributed by atoms with Gasteiger partial charge in [0, 0.05) is 12.4 Å². The number of carbonyl (C=O) groups excluding carboxylic acids is 1. The van der Waals surface area contributed by atoms with E-state index < -0.39 is 12.0 Å². The summed E-state index contributed by atoms with van der Waals surface area (Å²) in [4.78, 5) is 27.1. The minimum absolute atomic E-state index is 0.0372. The van der Waals surface area contributed by atoms with Crippen molar-refractivity contribution < 1.29 is 14.7 Å². The fourth-order valence-electron chi connectivity index (χ4n) is 1.74. The third kappa shape index (κ3) is 2.82. The Morgan fingerprint density at radius 2 is 2.10 bits per heavy atom. The zero-order valence-corrected chi connectivity index (χ0v) is 11.1. The van der Waals surface area contributed by atoms with Gasteiger partial charge >= 0.3 is 5.97 Å². The monoisotopic (exact) mass is 274 g/mol. The SMILES string of the molecule is Cc1ccnc(NC(=O)C(C)n2nccc2C(=O)O)c1. The number of nitrogens with zero attached hydrogens (tertiary/aromatic N) is 3. The van der Waals surface area contributed by atoms with Gasteiger partial charge in [0.2, 0.25) is 5.91 Å². The Labute approximate surface area is 115 Å². The standard InChI is InChI=1S/C13H14N4O3/c1-8-3-5-14-11(7-8)16-12(18)9(2)17-10(13(19)20)4-6-15-17/h3-7,9H,1-2H3,(H,19,20)(H,14,16,18). The zero-order chi connectivity index (χ0) is 14.7. The molecule has 0 bridgehead atoms. The van der Waals surface area contributed by atoms with Crippen molar-refractivity contribution >= 4 is 17.7 Å². The topological polar surface area (TPSA) is 97.1 Å². The number of anilines is 1. The summed E-state index contributed by atoms with van der Waals surface area (Å²) in [6, 6.07) is 4.14. The molecule has 20 heavy (non-hydrogen) atoms. The molecular formula is C13H14N4O3. The van der Waals surface area contributed by atoms with E-state index in [4.69, 9.17) is 5.11 Å². The van der Waals surface area contributed by atoms with Gasteiger partial charge in [0.25, 0.3) is 0 Å². The number of hydrogen-bond donors (Lipinski definition) is 2. The van der Waals surface area contributed by atoms with Gasteiger partial charge in [-0.3, -0.25) is 4.79 Å². The third-order valence-corrected chi connectivity index (χ3v) is 2.80. The predicted molar refractivity (Wildman–Crippen MR) is 71.5 cm³/mol. The van der Waals surface area contributed by atoms with Crippen LogP contribution in [0.3, 0.4) is 0 Å². The highest BCUT2D eigenvalue weighted by molar-refractivity contribution is 5.93. The van der Waals surface area contributed by atoms with Crippen molar-refractivity contribution in [2.45, 2.75) is 19.9 Å². The Balaban J connectivity index is 2.16. The van der Waals surface area contributed by atoms with E-state index in [0.717, 1.165) is 10.2 Å². The van der Waals surface area contributed by atoms with Gasteiger partial charge in [0.15, 0.2) is 0 Å². The quantitative estimate of drug-likeness (QED) is 0.880. The first-order chi connectivity index (χ1) is 9.49. The van der Waals surface area contributed by atoms with Gasteiger partial charge in [-0.15, -0.1) is 0 Å². The molecule has 2 aromatic heterocycles. The number of carboxylic acid groups (broad SMARTS) is 1. The van der Waals surface area contributed by atoms with Crippen molar-refractivity contribution in [3.05, 3.63) is 41.9 Å².